The molecular formula is C14H24N2O5. The first-order valence-electron chi connectivity index (χ1n) is 7.14. The Hall–Kier alpha value is -1.47. The van der Waals surface area contributed by atoms with Gasteiger partial charge in [-0.3, -0.25) is 14.9 Å². The predicted octanol–water partition coefficient (Wildman–Crippen LogP) is 0.764. The third-order valence-corrected chi connectivity index (χ3v) is 2.98. The number of alkyl carbamates (subject to hydrolysis) is 1. The molecule has 2 N–H and O–H groups in total. The molecule has 21 heavy (non-hydrogen) atoms. The Labute approximate surface area is 124 Å². The number of aldehydes is 1. The molecule has 0 aromatic carbocycles. The number of rotatable bonds is 7. The summed E-state index contributed by atoms with van der Waals surface area (Å²) in [7, 11) is 0. The molecule has 7 nitrogen and oxygen atoms in total. The maximum Gasteiger partial charge on any atom is 0.407 e. The molecule has 0 aromatic heterocycles. The van der Waals surface area contributed by atoms with Gasteiger partial charge in [0.25, 0.3) is 0 Å². The van der Waals surface area contributed by atoms with Crippen molar-refractivity contribution in [3.05, 3.63) is 0 Å². The van der Waals surface area contributed by atoms with Crippen LogP contribution >= 0.6 is 0 Å². The second-order valence-electron chi connectivity index (χ2n) is 5.99. The van der Waals surface area contributed by atoms with Crippen molar-refractivity contribution in [1.82, 2.24) is 10.6 Å². The largest absolute Gasteiger partial charge is 0.444 e. The van der Waals surface area contributed by atoms with Crippen molar-refractivity contribution >= 4 is 18.2 Å². The summed E-state index contributed by atoms with van der Waals surface area (Å²) in [5.74, 6) is -0.531. The molecule has 0 radical (unpaired) electrons. The third-order valence-electron chi connectivity index (χ3n) is 2.98. The Balaban J connectivity index is 2.15. The van der Waals surface area contributed by atoms with Crippen LogP contribution in [0.4, 0.5) is 4.79 Å². The molecular weight excluding hydrogens is 276 g/mol. The zero-order valence-electron chi connectivity index (χ0n) is 12.8. The molecule has 0 aliphatic carbocycles. The summed E-state index contributed by atoms with van der Waals surface area (Å²) < 4.78 is 10.3. The van der Waals surface area contributed by atoms with Crippen molar-refractivity contribution in [1.29, 1.82) is 0 Å². The lowest BCUT2D eigenvalue weighted by Gasteiger charge is -2.19. The van der Waals surface area contributed by atoms with Gasteiger partial charge in [-0.05, 0) is 33.6 Å². The first-order valence-corrected chi connectivity index (χ1v) is 7.14. The normalized spacial score (nSPS) is 21.9. The highest BCUT2D eigenvalue weighted by atomic mass is 16.6. The average molecular weight is 300 g/mol. The molecule has 1 rings (SSSR count). The Kier molecular flexibility index (Phi) is 6.77. The Morgan fingerprint density at radius 2 is 2.10 bits per heavy atom. The molecule has 1 fully saturated rings. The maximum absolute atomic E-state index is 11.4. The number of Topliss-reactive ketones (excluding diaryl/α,β-unsaturated/α-hetero) is 1. The quantitative estimate of drug-likeness (QED) is 0.410. The molecule has 0 aromatic rings. The van der Waals surface area contributed by atoms with Crippen molar-refractivity contribution in [3.8, 4) is 0 Å². The third kappa shape index (κ3) is 6.68. The Morgan fingerprint density at radius 3 is 2.71 bits per heavy atom. The van der Waals surface area contributed by atoms with E-state index < -0.39 is 23.6 Å². The molecule has 7 heteroatoms. The summed E-state index contributed by atoms with van der Waals surface area (Å²) in [6, 6.07) is -0.135. The molecule has 120 valence electrons. The average Bonchev–Trinajstić information content (AvgIpc) is 2.83. The first kappa shape index (κ1) is 17.6. The molecule has 1 saturated heterocycles. The van der Waals surface area contributed by atoms with Crippen molar-refractivity contribution < 1.29 is 23.9 Å². The minimum absolute atomic E-state index is 0.135. The fraction of sp³-hybridized carbons (Fsp3) is 0.786. The van der Waals surface area contributed by atoms with Crippen molar-refractivity contribution in [3.63, 3.8) is 0 Å². The van der Waals surface area contributed by atoms with E-state index in [1.165, 1.54) is 0 Å². The topological polar surface area (TPSA) is 93.7 Å². The number of unbranched alkanes of at least 4 members (excludes halogenated alkanes) is 1. The van der Waals surface area contributed by atoms with Crippen LogP contribution in [-0.4, -0.2) is 49.2 Å². The summed E-state index contributed by atoms with van der Waals surface area (Å²) in [4.78, 5) is 33.2. The van der Waals surface area contributed by atoms with Gasteiger partial charge < -0.3 is 14.8 Å². The number of carbonyl (C=O) groups excluding carboxylic acids is 3. The summed E-state index contributed by atoms with van der Waals surface area (Å²) in [6.07, 6.45) is 1.47. The van der Waals surface area contributed by atoms with Crippen LogP contribution in [0.5, 0.6) is 0 Å². The van der Waals surface area contributed by atoms with E-state index in [0.717, 1.165) is 12.8 Å². The van der Waals surface area contributed by atoms with Crippen LogP contribution in [0.15, 0.2) is 0 Å². The van der Waals surface area contributed by atoms with Crippen molar-refractivity contribution in [2.75, 3.05) is 13.3 Å². The fourth-order valence-corrected chi connectivity index (χ4v) is 2.06. The number of ether oxygens (including phenoxy) is 2. The number of amides is 1. The van der Waals surface area contributed by atoms with Crippen LogP contribution in [0.1, 0.15) is 40.0 Å². The van der Waals surface area contributed by atoms with E-state index in [1.807, 2.05) is 20.8 Å². The van der Waals surface area contributed by atoms with Crippen molar-refractivity contribution in [2.24, 2.45) is 0 Å². The summed E-state index contributed by atoms with van der Waals surface area (Å²) in [5, 5.41) is 5.71. The van der Waals surface area contributed by atoms with E-state index in [1.54, 1.807) is 0 Å². The van der Waals surface area contributed by atoms with E-state index in [9.17, 15) is 14.4 Å². The smallest absolute Gasteiger partial charge is 0.407 e. The van der Waals surface area contributed by atoms with Gasteiger partial charge >= 0.3 is 6.09 Å². The first-order chi connectivity index (χ1) is 9.83. The van der Waals surface area contributed by atoms with Crippen LogP contribution < -0.4 is 10.6 Å². The molecule has 1 aliphatic rings. The van der Waals surface area contributed by atoms with Gasteiger partial charge in [0.05, 0.1) is 6.73 Å². The Morgan fingerprint density at radius 1 is 1.38 bits per heavy atom. The predicted molar refractivity (Wildman–Crippen MR) is 75.8 cm³/mol. The fourth-order valence-electron chi connectivity index (χ4n) is 2.06. The SMILES string of the molecule is CC(C)(C)OC(=O)NCCCCC1NCOC1C(=O)C=O. The molecule has 0 bridgehead atoms. The highest BCUT2D eigenvalue weighted by Crippen LogP contribution is 2.13. The van der Waals surface area contributed by atoms with Gasteiger partial charge in [-0.25, -0.2) is 4.79 Å². The van der Waals surface area contributed by atoms with Crippen LogP contribution in [0.25, 0.3) is 0 Å². The second-order valence-corrected chi connectivity index (χ2v) is 5.99. The lowest BCUT2D eigenvalue weighted by atomic mass is 10.0. The van der Waals surface area contributed by atoms with Crippen molar-refractivity contribution in [2.45, 2.75) is 57.8 Å². The van der Waals surface area contributed by atoms with Crippen LogP contribution in [0, 0.1) is 0 Å². The van der Waals surface area contributed by atoms with Gasteiger partial charge in [0.1, 0.15) is 11.7 Å². The van der Waals surface area contributed by atoms with Gasteiger partial charge in [0.2, 0.25) is 5.78 Å². The summed E-state index contributed by atoms with van der Waals surface area (Å²) >= 11 is 0. The van der Waals surface area contributed by atoms with Crippen LogP contribution in [0.3, 0.4) is 0 Å². The van der Waals surface area contributed by atoms with E-state index in [4.69, 9.17) is 9.47 Å². The number of carbonyl (C=O) groups is 3. The molecule has 1 aliphatic heterocycles. The van der Waals surface area contributed by atoms with E-state index in [2.05, 4.69) is 10.6 Å². The van der Waals surface area contributed by atoms with Gasteiger partial charge in [-0.1, -0.05) is 6.42 Å². The number of hydrogen-bond acceptors (Lipinski definition) is 6. The zero-order valence-corrected chi connectivity index (χ0v) is 12.8. The van der Waals surface area contributed by atoms with Crippen LogP contribution in [0.2, 0.25) is 0 Å². The highest BCUT2D eigenvalue weighted by molar-refractivity contribution is 6.27. The molecule has 1 heterocycles. The van der Waals surface area contributed by atoms with E-state index in [-0.39, 0.29) is 12.8 Å². The minimum Gasteiger partial charge on any atom is -0.444 e. The molecule has 2 atom stereocenters. The number of hydrogen-bond donors (Lipinski definition) is 2. The van der Waals surface area contributed by atoms with Gasteiger partial charge in [0, 0.05) is 12.6 Å². The van der Waals surface area contributed by atoms with Crippen LogP contribution in [-0.2, 0) is 19.1 Å². The Bertz CT molecular complexity index is 378. The second kappa shape index (κ2) is 8.09. The molecule has 0 spiro atoms. The monoisotopic (exact) mass is 300 g/mol. The molecule has 2 unspecified atom stereocenters. The number of ketones is 1. The standard InChI is InChI=1S/C14H24N2O5/c1-14(2,3)21-13(19)15-7-5-4-6-10-12(11(18)8-17)20-9-16-10/h8,10,12,16H,4-7,9H2,1-3H3,(H,15,19). The van der Waals surface area contributed by atoms with Gasteiger partial charge in [-0.15, -0.1) is 0 Å². The number of nitrogens with one attached hydrogen (secondary N) is 2. The van der Waals surface area contributed by atoms with Gasteiger partial charge in [0.15, 0.2) is 6.29 Å². The lowest BCUT2D eigenvalue weighted by Crippen LogP contribution is -2.37. The maximum atomic E-state index is 11.4. The van der Waals surface area contributed by atoms with E-state index >= 15 is 0 Å². The highest BCUT2D eigenvalue weighted by Gasteiger charge is 2.32. The zero-order chi connectivity index (χ0) is 15.9. The summed E-state index contributed by atoms with van der Waals surface area (Å²) in [5.41, 5.74) is -0.502. The molecule has 0 saturated carbocycles. The summed E-state index contributed by atoms with van der Waals surface area (Å²) in [6.45, 7) is 6.22. The minimum atomic E-state index is -0.679. The lowest BCUT2D eigenvalue weighted by molar-refractivity contribution is -0.136. The van der Waals surface area contributed by atoms with E-state index in [0.29, 0.717) is 19.3 Å². The van der Waals surface area contributed by atoms with Gasteiger partial charge in [-0.2, -0.15) is 0 Å². The molecule has 1 amide bonds.